The van der Waals surface area contributed by atoms with E-state index in [1.165, 1.54) is 19.3 Å². The highest BCUT2D eigenvalue weighted by Gasteiger charge is 2.33. The number of carbonyl (C=O) groups is 1. The number of carbonyl (C=O) groups excluding carboxylic acids is 1. The van der Waals surface area contributed by atoms with Crippen LogP contribution >= 0.6 is 0 Å². The summed E-state index contributed by atoms with van der Waals surface area (Å²) in [5, 5.41) is 0. The summed E-state index contributed by atoms with van der Waals surface area (Å²) in [4.78, 5) is 28.7. The molecule has 0 N–H and O–H groups in total. The van der Waals surface area contributed by atoms with Gasteiger partial charge < -0.3 is 9.80 Å². The largest absolute Gasteiger partial charge is 0.356 e. The Kier molecular flexibility index (Phi) is 6.68. The molecule has 0 aliphatic carbocycles. The lowest BCUT2D eigenvalue weighted by molar-refractivity contribution is -0.132. The summed E-state index contributed by atoms with van der Waals surface area (Å²) in [6.45, 7) is 3.21. The summed E-state index contributed by atoms with van der Waals surface area (Å²) in [5.74, 6) is 1.61. The molecule has 0 radical (unpaired) electrons. The Labute approximate surface area is 218 Å². The molecule has 2 aliphatic heterocycles. The Morgan fingerprint density at radius 2 is 1.30 bits per heavy atom. The lowest BCUT2D eigenvalue weighted by Crippen LogP contribution is -2.41. The number of amides is 1. The van der Waals surface area contributed by atoms with Gasteiger partial charge in [-0.25, -0.2) is 9.97 Å². The van der Waals surface area contributed by atoms with Gasteiger partial charge in [-0.2, -0.15) is 0 Å². The molecule has 1 aromatic heterocycles. The third-order valence-electron chi connectivity index (χ3n) is 7.55. The van der Waals surface area contributed by atoms with E-state index < -0.39 is 0 Å². The molecule has 0 spiro atoms. The molecule has 37 heavy (non-hydrogen) atoms. The topological polar surface area (TPSA) is 49.3 Å². The molecule has 4 aromatic rings. The minimum absolute atomic E-state index is 0.139. The fourth-order valence-corrected chi connectivity index (χ4v) is 5.62. The molecular weight excluding hydrogens is 456 g/mol. The number of fused-ring (bicyclic) bond motifs is 1. The Bertz CT molecular complexity index is 1310. The van der Waals surface area contributed by atoms with E-state index >= 15 is 0 Å². The van der Waals surface area contributed by atoms with Crippen LogP contribution in [0.15, 0.2) is 91.0 Å². The Hall–Kier alpha value is -3.99. The average Bonchev–Trinajstić information content (AvgIpc) is 2.98. The van der Waals surface area contributed by atoms with E-state index in [4.69, 9.17) is 9.97 Å². The van der Waals surface area contributed by atoms with Crippen molar-refractivity contribution in [3.63, 3.8) is 0 Å². The van der Waals surface area contributed by atoms with Crippen LogP contribution < -0.4 is 4.90 Å². The summed E-state index contributed by atoms with van der Waals surface area (Å²) in [6.07, 6.45) is 4.34. The summed E-state index contributed by atoms with van der Waals surface area (Å²) < 4.78 is 0. The zero-order chi connectivity index (χ0) is 25.0. The van der Waals surface area contributed by atoms with Gasteiger partial charge in [0.05, 0.1) is 18.2 Å². The van der Waals surface area contributed by atoms with Crippen molar-refractivity contribution in [1.82, 2.24) is 14.9 Å². The second-order valence-electron chi connectivity index (χ2n) is 9.97. The maximum absolute atomic E-state index is 14.2. The molecule has 0 saturated carbocycles. The summed E-state index contributed by atoms with van der Waals surface area (Å²) >= 11 is 0. The molecule has 5 nitrogen and oxygen atoms in total. The number of benzene rings is 3. The van der Waals surface area contributed by atoms with Crippen molar-refractivity contribution in [3.05, 3.63) is 113 Å². The van der Waals surface area contributed by atoms with Gasteiger partial charge in [-0.05, 0) is 30.4 Å². The zero-order valence-electron chi connectivity index (χ0n) is 21.1. The van der Waals surface area contributed by atoms with Crippen LogP contribution in [0.4, 0.5) is 5.82 Å². The van der Waals surface area contributed by atoms with Crippen molar-refractivity contribution in [1.29, 1.82) is 0 Å². The van der Waals surface area contributed by atoms with Crippen LogP contribution in [0.5, 0.6) is 0 Å². The molecule has 1 fully saturated rings. The van der Waals surface area contributed by atoms with Crippen LogP contribution in [0.25, 0.3) is 11.4 Å². The molecule has 5 heteroatoms. The number of piperidine rings is 1. The second kappa shape index (κ2) is 10.6. The van der Waals surface area contributed by atoms with E-state index in [2.05, 4.69) is 41.3 Å². The Balaban J connectivity index is 1.37. The number of anilines is 1. The molecule has 0 unspecified atom stereocenters. The van der Waals surface area contributed by atoms with Crippen molar-refractivity contribution in [2.45, 2.75) is 38.1 Å². The first-order valence-electron chi connectivity index (χ1n) is 13.4. The molecule has 2 aliphatic rings. The van der Waals surface area contributed by atoms with Crippen LogP contribution in [0, 0.1) is 0 Å². The van der Waals surface area contributed by atoms with Crippen molar-refractivity contribution in [2.24, 2.45) is 0 Å². The van der Waals surface area contributed by atoms with Gasteiger partial charge in [-0.3, -0.25) is 4.79 Å². The van der Waals surface area contributed by atoms with E-state index in [9.17, 15) is 4.79 Å². The third-order valence-corrected chi connectivity index (χ3v) is 7.55. The minimum atomic E-state index is -0.327. The Morgan fingerprint density at radius 3 is 1.92 bits per heavy atom. The molecule has 1 saturated heterocycles. The van der Waals surface area contributed by atoms with Crippen LogP contribution in [-0.4, -0.2) is 40.4 Å². The molecule has 3 aromatic carbocycles. The first-order valence-corrected chi connectivity index (χ1v) is 13.4. The fourth-order valence-electron chi connectivity index (χ4n) is 5.62. The van der Waals surface area contributed by atoms with Gasteiger partial charge in [0.1, 0.15) is 5.82 Å². The van der Waals surface area contributed by atoms with Crippen LogP contribution in [0.3, 0.4) is 0 Å². The smallest absolute Gasteiger partial charge is 0.234 e. The number of aromatic nitrogens is 2. The first kappa shape index (κ1) is 23.4. The summed E-state index contributed by atoms with van der Waals surface area (Å²) in [6, 6.07) is 30.5. The van der Waals surface area contributed by atoms with Gasteiger partial charge in [0.2, 0.25) is 5.91 Å². The predicted molar refractivity (Wildman–Crippen MR) is 147 cm³/mol. The van der Waals surface area contributed by atoms with Gasteiger partial charge in [-0.15, -0.1) is 0 Å². The van der Waals surface area contributed by atoms with Gasteiger partial charge in [0.15, 0.2) is 5.82 Å². The number of rotatable bonds is 5. The minimum Gasteiger partial charge on any atom is -0.356 e. The van der Waals surface area contributed by atoms with Crippen molar-refractivity contribution in [3.8, 4) is 11.4 Å². The highest BCUT2D eigenvalue weighted by Crippen LogP contribution is 2.34. The van der Waals surface area contributed by atoms with E-state index in [1.807, 2.05) is 59.5 Å². The molecule has 0 atom stereocenters. The summed E-state index contributed by atoms with van der Waals surface area (Å²) in [5.41, 5.74) is 5.28. The Morgan fingerprint density at radius 1 is 0.703 bits per heavy atom. The number of hydrogen-bond acceptors (Lipinski definition) is 4. The molecule has 6 rings (SSSR count). The number of nitrogens with zero attached hydrogens (tertiary/aromatic N) is 4. The average molecular weight is 489 g/mol. The maximum Gasteiger partial charge on any atom is 0.234 e. The SMILES string of the molecule is O=C(C(c1ccccc1)c1ccccc1)N1CCc2nc(-c3ccccc3)nc(N3CCCCC3)c2C1. The van der Waals surface area contributed by atoms with Crippen molar-refractivity contribution >= 4 is 11.7 Å². The number of hydrogen-bond donors (Lipinski definition) is 0. The third kappa shape index (κ3) is 4.86. The molecular formula is C32H32N4O. The second-order valence-corrected chi connectivity index (χ2v) is 9.97. The lowest BCUT2D eigenvalue weighted by atomic mass is 9.89. The van der Waals surface area contributed by atoms with E-state index in [0.717, 1.165) is 59.1 Å². The highest BCUT2D eigenvalue weighted by molar-refractivity contribution is 5.87. The van der Waals surface area contributed by atoms with E-state index in [-0.39, 0.29) is 11.8 Å². The van der Waals surface area contributed by atoms with Gasteiger partial charge >= 0.3 is 0 Å². The van der Waals surface area contributed by atoms with Gasteiger partial charge in [0, 0.05) is 37.2 Å². The van der Waals surface area contributed by atoms with Crippen molar-refractivity contribution < 1.29 is 4.79 Å². The fraction of sp³-hybridized carbons (Fsp3) is 0.281. The maximum atomic E-state index is 14.2. The quantitative estimate of drug-likeness (QED) is 0.354. The molecule has 3 heterocycles. The van der Waals surface area contributed by atoms with Gasteiger partial charge in [0.25, 0.3) is 0 Å². The van der Waals surface area contributed by atoms with Crippen LogP contribution in [0.2, 0.25) is 0 Å². The van der Waals surface area contributed by atoms with Crippen LogP contribution in [-0.2, 0) is 17.8 Å². The molecule has 0 bridgehead atoms. The standard InChI is InChI=1S/C32H32N4O/c37-32(29(24-13-5-1-6-14-24)25-15-7-2-8-16-25)36-22-19-28-27(23-36)31(35-20-11-4-12-21-35)34-30(33-28)26-17-9-3-10-18-26/h1-3,5-10,13-18,29H,4,11-12,19-23H2. The lowest BCUT2D eigenvalue weighted by Gasteiger charge is -2.36. The van der Waals surface area contributed by atoms with Crippen LogP contribution in [0.1, 0.15) is 47.6 Å². The molecule has 186 valence electrons. The highest BCUT2D eigenvalue weighted by atomic mass is 16.2. The van der Waals surface area contributed by atoms with Gasteiger partial charge in [-0.1, -0.05) is 91.0 Å². The normalized spacial score (nSPS) is 15.5. The predicted octanol–water partition coefficient (Wildman–Crippen LogP) is 5.85. The summed E-state index contributed by atoms with van der Waals surface area (Å²) in [7, 11) is 0. The molecule has 1 amide bonds. The first-order chi connectivity index (χ1) is 18.3. The van der Waals surface area contributed by atoms with E-state index in [1.54, 1.807) is 0 Å². The monoisotopic (exact) mass is 488 g/mol. The van der Waals surface area contributed by atoms with Crippen molar-refractivity contribution in [2.75, 3.05) is 24.5 Å². The zero-order valence-corrected chi connectivity index (χ0v) is 21.1. The van der Waals surface area contributed by atoms with E-state index in [0.29, 0.717) is 13.1 Å².